The molecule has 9 heteroatoms. The molecular formula is C31H39N3O5S. The number of phenols is 1. The van der Waals surface area contributed by atoms with E-state index in [0.29, 0.717) is 17.9 Å². The molecule has 0 spiro atoms. The van der Waals surface area contributed by atoms with Gasteiger partial charge in [0.05, 0.1) is 0 Å². The van der Waals surface area contributed by atoms with Crippen molar-refractivity contribution < 1.29 is 24.2 Å². The van der Waals surface area contributed by atoms with Gasteiger partial charge in [0.15, 0.2) is 0 Å². The summed E-state index contributed by atoms with van der Waals surface area (Å²) in [6, 6.07) is 17.3. The highest BCUT2D eigenvalue weighted by Gasteiger charge is 2.38. The predicted molar refractivity (Wildman–Crippen MR) is 162 cm³/mol. The first kappa shape index (κ1) is 30.8. The fourth-order valence-corrected chi connectivity index (χ4v) is 4.89. The number of nitrogens with one attached hydrogen (secondary N) is 2. The van der Waals surface area contributed by atoms with Crippen LogP contribution in [0.2, 0.25) is 0 Å². The van der Waals surface area contributed by atoms with E-state index in [2.05, 4.69) is 10.6 Å². The number of para-hydroxylation sites is 1. The Morgan fingerprint density at radius 2 is 1.62 bits per heavy atom. The largest absolute Gasteiger partial charge is 0.508 e. The zero-order chi connectivity index (χ0) is 29.4. The Labute approximate surface area is 240 Å². The van der Waals surface area contributed by atoms with E-state index in [1.807, 2.05) is 42.7 Å². The third-order valence-corrected chi connectivity index (χ3v) is 6.83. The quantitative estimate of drug-likeness (QED) is 0.274. The number of alkyl carbamates (subject to hydrolysis) is 1. The van der Waals surface area contributed by atoms with Gasteiger partial charge in [-0.2, -0.15) is 11.8 Å². The van der Waals surface area contributed by atoms with Crippen molar-refractivity contribution in [2.75, 3.05) is 17.3 Å². The minimum atomic E-state index is -1.17. The van der Waals surface area contributed by atoms with E-state index < -0.39 is 41.6 Å². The normalized spacial score (nSPS) is 13.0. The molecular weight excluding hydrogens is 526 g/mol. The number of amides is 3. The van der Waals surface area contributed by atoms with Crippen LogP contribution in [0.4, 0.5) is 10.5 Å². The topological polar surface area (TPSA) is 108 Å². The molecule has 0 aliphatic rings. The molecule has 0 saturated carbocycles. The lowest BCUT2D eigenvalue weighted by molar-refractivity contribution is -0.143. The van der Waals surface area contributed by atoms with Crippen molar-refractivity contribution in [1.82, 2.24) is 10.2 Å². The SMILES string of the molecule is CSCCC(NC(=O)OC(C)(C)C)C(=O)N(C(C)C)C(C(=O)Nc1ccc2ccccc2c1)c1ccccc1O. The molecule has 0 aliphatic heterocycles. The van der Waals surface area contributed by atoms with Gasteiger partial charge < -0.3 is 25.4 Å². The van der Waals surface area contributed by atoms with Crippen molar-refractivity contribution >= 4 is 46.1 Å². The minimum absolute atomic E-state index is 0.111. The first-order valence-electron chi connectivity index (χ1n) is 13.3. The average Bonchev–Trinajstić information content (AvgIpc) is 2.88. The van der Waals surface area contributed by atoms with Crippen LogP contribution in [0.25, 0.3) is 10.8 Å². The number of rotatable bonds is 10. The predicted octanol–water partition coefficient (Wildman–Crippen LogP) is 6.11. The fourth-order valence-electron chi connectivity index (χ4n) is 4.42. The Morgan fingerprint density at radius 1 is 0.975 bits per heavy atom. The van der Waals surface area contributed by atoms with Gasteiger partial charge in [-0.3, -0.25) is 9.59 Å². The molecule has 0 heterocycles. The molecule has 2 unspecified atom stereocenters. The average molecular weight is 566 g/mol. The van der Waals surface area contributed by atoms with Gasteiger partial charge in [0.1, 0.15) is 23.4 Å². The van der Waals surface area contributed by atoms with Crippen LogP contribution >= 0.6 is 11.8 Å². The Kier molecular flexibility index (Phi) is 10.5. The number of benzene rings is 3. The van der Waals surface area contributed by atoms with Gasteiger partial charge in [-0.15, -0.1) is 0 Å². The molecule has 3 aromatic rings. The first-order chi connectivity index (χ1) is 18.9. The lowest BCUT2D eigenvalue weighted by Gasteiger charge is -2.37. The number of hydrogen-bond donors (Lipinski definition) is 3. The molecule has 2 atom stereocenters. The van der Waals surface area contributed by atoms with Crippen LogP contribution in [0.15, 0.2) is 66.7 Å². The molecule has 0 radical (unpaired) electrons. The summed E-state index contributed by atoms with van der Waals surface area (Å²) in [6.07, 6.45) is 1.54. The van der Waals surface area contributed by atoms with Crippen LogP contribution in [0, 0.1) is 0 Å². The third kappa shape index (κ3) is 8.14. The highest BCUT2D eigenvalue weighted by molar-refractivity contribution is 7.98. The Bertz CT molecular complexity index is 1340. The van der Waals surface area contributed by atoms with Crippen molar-refractivity contribution in [2.24, 2.45) is 0 Å². The van der Waals surface area contributed by atoms with Crippen molar-refractivity contribution in [3.63, 3.8) is 0 Å². The lowest BCUT2D eigenvalue weighted by Crippen LogP contribution is -2.54. The molecule has 3 rings (SSSR count). The number of phenolic OH excluding ortho intramolecular Hbond substituents is 1. The number of anilines is 1. The van der Waals surface area contributed by atoms with Crippen LogP contribution < -0.4 is 10.6 Å². The Hall–Kier alpha value is -3.72. The molecule has 3 aromatic carbocycles. The molecule has 0 saturated heterocycles. The molecule has 0 aromatic heterocycles. The zero-order valence-electron chi connectivity index (χ0n) is 23.9. The van der Waals surface area contributed by atoms with Crippen molar-refractivity contribution in [2.45, 2.75) is 64.8 Å². The molecule has 3 amide bonds. The second-order valence-electron chi connectivity index (χ2n) is 10.8. The second-order valence-corrected chi connectivity index (χ2v) is 11.8. The first-order valence-corrected chi connectivity index (χ1v) is 14.7. The standard InChI is InChI=1S/C31H39N3O5S/c1-20(2)34(29(37)25(17-18-40-6)33-30(38)39-31(3,4)5)27(24-13-9-10-14-26(24)35)28(36)32-23-16-15-21-11-7-8-12-22(21)19-23/h7-16,19-20,25,27,35H,17-18H2,1-6H3,(H,32,36)(H,33,38). The summed E-state index contributed by atoms with van der Waals surface area (Å²) in [6.45, 7) is 8.84. The van der Waals surface area contributed by atoms with Crippen LogP contribution in [-0.4, -0.2) is 57.6 Å². The third-order valence-electron chi connectivity index (χ3n) is 6.19. The number of nitrogens with zero attached hydrogens (tertiary/aromatic N) is 1. The number of ether oxygens (including phenoxy) is 1. The monoisotopic (exact) mass is 565 g/mol. The van der Waals surface area contributed by atoms with Crippen molar-refractivity contribution in [3.8, 4) is 5.75 Å². The number of carbonyl (C=O) groups is 3. The summed E-state index contributed by atoms with van der Waals surface area (Å²) in [4.78, 5) is 42.2. The molecule has 40 heavy (non-hydrogen) atoms. The van der Waals surface area contributed by atoms with Crippen LogP contribution in [0.1, 0.15) is 52.6 Å². The number of carbonyl (C=O) groups excluding carboxylic acids is 3. The molecule has 3 N–H and O–H groups in total. The molecule has 8 nitrogen and oxygen atoms in total. The highest BCUT2D eigenvalue weighted by Crippen LogP contribution is 2.32. The molecule has 0 fully saturated rings. The fraction of sp³-hybridized carbons (Fsp3) is 0.387. The number of fused-ring (bicyclic) bond motifs is 1. The molecule has 214 valence electrons. The van der Waals surface area contributed by atoms with E-state index in [-0.39, 0.29) is 11.3 Å². The zero-order valence-corrected chi connectivity index (χ0v) is 24.7. The van der Waals surface area contributed by atoms with E-state index in [1.54, 1.807) is 70.6 Å². The van der Waals surface area contributed by atoms with Gasteiger partial charge in [-0.1, -0.05) is 48.5 Å². The van der Waals surface area contributed by atoms with E-state index in [1.165, 1.54) is 11.0 Å². The van der Waals surface area contributed by atoms with Gasteiger partial charge >= 0.3 is 6.09 Å². The van der Waals surface area contributed by atoms with Crippen LogP contribution in [-0.2, 0) is 14.3 Å². The van der Waals surface area contributed by atoms with Gasteiger partial charge in [0, 0.05) is 17.3 Å². The summed E-state index contributed by atoms with van der Waals surface area (Å²) in [5.41, 5.74) is 0.0994. The maximum atomic E-state index is 14.1. The molecule has 0 bridgehead atoms. The van der Waals surface area contributed by atoms with Gasteiger partial charge in [-0.05, 0) is 82.0 Å². The van der Waals surface area contributed by atoms with Gasteiger partial charge in [0.2, 0.25) is 5.91 Å². The smallest absolute Gasteiger partial charge is 0.408 e. The minimum Gasteiger partial charge on any atom is -0.508 e. The second kappa shape index (κ2) is 13.6. The summed E-state index contributed by atoms with van der Waals surface area (Å²) >= 11 is 1.54. The number of aromatic hydroxyl groups is 1. The van der Waals surface area contributed by atoms with Crippen molar-refractivity contribution in [1.29, 1.82) is 0 Å². The lowest BCUT2D eigenvalue weighted by atomic mass is 9.99. The van der Waals surface area contributed by atoms with Gasteiger partial charge in [0.25, 0.3) is 5.91 Å². The van der Waals surface area contributed by atoms with E-state index in [0.717, 1.165) is 10.8 Å². The summed E-state index contributed by atoms with van der Waals surface area (Å²) in [5, 5.41) is 18.4. The number of thioether (sulfide) groups is 1. The van der Waals surface area contributed by atoms with E-state index in [4.69, 9.17) is 4.74 Å². The van der Waals surface area contributed by atoms with E-state index >= 15 is 0 Å². The van der Waals surface area contributed by atoms with Crippen LogP contribution in [0.3, 0.4) is 0 Å². The maximum Gasteiger partial charge on any atom is 0.408 e. The Morgan fingerprint density at radius 3 is 2.25 bits per heavy atom. The molecule has 0 aliphatic carbocycles. The summed E-state index contributed by atoms with van der Waals surface area (Å²) in [5.74, 6) is -0.445. The highest BCUT2D eigenvalue weighted by atomic mass is 32.2. The van der Waals surface area contributed by atoms with E-state index in [9.17, 15) is 19.5 Å². The van der Waals surface area contributed by atoms with Crippen LogP contribution in [0.5, 0.6) is 5.75 Å². The van der Waals surface area contributed by atoms with Gasteiger partial charge in [-0.25, -0.2) is 4.79 Å². The summed E-state index contributed by atoms with van der Waals surface area (Å²) < 4.78 is 5.42. The van der Waals surface area contributed by atoms with Crippen molar-refractivity contribution in [3.05, 3.63) is 72.3 Å². The maximum absolute atomic E-state index is 14.1. The Balaban J connectivity index is 2.01. The summed E-state index contributed by atoms with van der Waals surface area (Å²) in [7, 11) is 0. The number of hydrogen-bond acceptors (Lipinski definition) is 6.